The highest BCUT2D eigenvalue weighted by Gasteiger charge is 2.40. The zero-order chi connectivity index (χ0) is 21.7. The quantitative estimate of drug-likeness (QED) is 0.467. The number of rotatable bonds is 5. The number of amides is 1. The number of H-pyrrole nitrogens is 1. The summed E-state index contributed by atoms with van der Waals surface area (Å²) in [5.41, 5.74) is 3.23. The molecular formula is C24H25N5O2S. The normalized spacial score (nSPS) is 23.1. The van der Waals surface area contributed by atoms with Gasteiger partial charge in [-0.05, 0) is 55.5 Å². The van der Waals surface area contributed by atoms with E-state index in [1.165, 1.54) is 35.1 Å². The van der Waals surface area contributed by atoms with Gasteiger partial charge in [0.05, 0.1) is 0 Å². The summed E-state index contributed by atoms with van der Waals surface area (Å²) in [6.45, 7) is 2.55. The van der Waals surface area contributed by atoms with Crippen molar-refractivity contribution < 1.29 is 9.53 Å². The Hall–Kier alpha value is -2.97. The van der Waals surface area contributed by atoms with Crippen molar-refractivity contribution in [1.29, 1.82) is 0 Å². The Kier molecular flexibility index (Phi) is 4.84. The summed E-state index contributed by atoms with van der Waals surface area (Å²) in [7, 11) is 0. The number of aromatic nitrogens is 3. The van der Waals surface area contributed by atoms with Crippen molar-refractivity contribution in [2.75, 3.05) is 0 Å². The van der Waals surface area contributed by atoms with Crippen molar-refractivity contribution in [2.45, 2.75) is 57.3 Å². The molecule has 2 aliphatic heterocycles. The molecule has 164 valence electrons. The third-order valence-corrected chi connectivity index (χ3v) is 7.59. The number of piperidine rings is 1. The van der Waals surface area contributed by atoms with Crippen LogP contribution in [0.5, 0.6) is 10.9 Å². The first kappa shape index (κ1) is 19.7. The number of aromatic amines is 1. The van der Waals surface area contributed by atoms with E-state index in [2.05, 4.69) is 37.4 Å². The maximum absolute atomic E-state index is 11.5. The molecule has 4 aromatic rings. The van der Waals surface area contributed by atoms with Gasteiger partial charge in [-0.15, -0.1) is 0 Å². The molecule has 2 atom stereocenters. The third kappa shape index (κ3) is 3.63. The fraction of sp³-hybridized carbons (Fsp3) is 0.375. The van der Waals surface area contributed by atoms with Crippen LogP contribution in [-0.2, 0) is 11.3 Å². The maximum atomic E-state index is 11.5. The molecule has 2 bridgehead atoms. The molecule has 2 N–H and O–H groups in total. The van der Waals surface area contributed by atoms with Crippen LogP contribution in [0, 0.1) is 0 Å². The Labute approximate surface area is 189 Å². The summed E-state index contributed by atoms with van der Waals surface area (Å²) in [6, 6.07) is 11.4. The number of thiazole rings is 1. The molecule has 8 heteroatoms. The fourth-order valence-corrected chi connectivity index (χ4v) is 6.17. The Morgan fingerprint density at radius 3 is 2.91 bits per heavy atom. The monoisotopic (exact) mass is 447 g/mol. The SMILES string of the molecule is CC(=O)NC1CC2CCC(C1)N2Cc1c[nH]c2cc(Oc3nc4cccnc4s3)ccc12. The second kappa shape index (κ2) is 7.86. The molecule has 0 aliphatic carbocycles. The van der Waals surface area contributed by atoms with Crippen LogP contribution in [0.4, 0.5) is 0 Å². The minimum absolute atomic E-state index is 0.0830. The van der Waals surface area contributed by atoms with Crippen molar-refractivity contribution in [3.8, 4) is 10.9 Å². The topological polar surface area (TPSA) is 83.1 Å². The molecule has 2 fully saturated rings. The summed E-state index contributed by atoms with van der Waals surface area (Å²) in [5.74, 6) is 0.848. The van der Waals surface area contributed by atoms with Crippen molar-refractivity contribution in [3.63, 3.8) is 0 Å². The average Bonchev–Trinajstić information content (AvgIpc) is 3.42. The van der Waals surface area contributed by atoms with E-state index < -0.39 is 0 Å². The Morgan fingerprint density at radius 2 is 2.12 bits per heavy atom. The van der Waals surface area contributed by atoms with E-state index in [1.54, 1.807) is 13.1 Å². The number of carbonyl (C=O) groups is 1. The number of nitrogens with one attached hydrogen (secondary N) is 2. The number of ether oxygens (including phenoxy) is 1. The van der Waals surface area contributed by atoms with Gasteiger partial charge in [-0.3, -0.25) is 9.69 Å². The van der Waals surface area contributed by atoms with E-state index in [-0.39, 0.29) is 5.91 Å². The lowest BCUT2D eigenvalue weighted by Gasteiger charge is -2.39. The van der Waals surface area contributed by atoms with Gasteiger partial charge >= 0.3 is 0 Å². The molecule has 1 amide bonds. The fourth-order valence-electron chi connectivity index (χ4n) is 5.39. The van der Waals surface area contributed by atoms with Gasteiger partial charge in [0.15, 0.2) is 0 Å². The molecule has 7 nitrogen and oxygen atoms in total. The molecule has 6 rings (SSSR count). The standard InChI is InChI=1S/C24H25N5O2S/c1-14(30)27-16-9-17-4-5-18(10-16)29(17)13-15-12-26-22-11-19(6-7-20(15)22)31-24-28-21-3-2-8-25-23(21)32-24/h2-3,6-8,11-12,16-18,26H,4-5,9-10,13H2,1H3,(H,27,30). The minimum atomic E-state index is 0.0830. The van der Waals surface area contributed by atoms with Crippen LogP contribution in [0.1, 0.15) is 38.2 Å². The molecule has 2 saturated heterocycles. The molecule has 1 aromatic carbocycles. The average molecular weight is 448 g/mol. The summed E-state index contributed by atoms with van der Waals surface area (Å²) in [4.78, 5) is 27.3. The van der Waals surface area contributed by atoms with Crippen LogP contribution in [0.15, 0.2) is 42.7 Å². The Bertz CT molecular complexity index is 1250. The lowest BCUT2D eigenvalue weighted by Crippen LogP contribution is -2.49. The summed E-state index contributed by atoms with van der Waals surface area (Å²) < 4.78 is 6.02. The van der Waals surface area contributed by atoms with E-state index in [1.807, 2.05) is 24.3 Å². The van der Waals surface area contributed by atoms with Crippen LogP contribution >= 0.6 is 11.3 Å². The second-order valence-electron chi connectivity index (χ2n) is 8.86. The lowest BCUT2D eigenvalue weighted by molar-refractivity contribution is -0.120. The molecular weight excluding hydrogens is 422 g/mol. The zero-order valence-corrected chi connectivity index (χ0v) is 18.7. The molecule has 2 aliphatic rings. The van der Waals surface area contributed by atoms with E-state index in [9.17, 15) is 4.79 Å². The number of benzene rings is 1. The van der Waals surface area contributed by atoms with Crippen molar-refractivity contribution in [1.82, 2.24) is 25.2 Å². The van der Waals surface area contributed by atoms with Gasteiger partial charge in [-0.25, -0.2) is 9.97 Å². The van der Waals surface area contributed by atoms with Gasteiger partial charge in [0.25, 0.3) is 5.19 Å². The van der Waals surface area contributed by atoms with Crippen LogP contribution in [0.25, 0.3) is 21.3 Å². The van der Waals surface area contributed by atoms with Crippen LogP contribution in [-0.4, -0.2) is 43.9 Å². The highest BCUT2D eigenvalue weighted by atomic mass is 32.1. The number of nitrogens with zero attached hydrogens (tertiary/aromatic N) is 3. The maximum Gasteiger partial charge on any atom is 0.281 e. The van der Waals surface area contributed by atoms with Crippen molar-refractivity contribution >= 4 is 38.5 Å². The minimum Gasteiger partial charge on any atom is -0.431 e. The molecule has 3 aromatic heterocycles. The molecule has 0 spiro atoms. The van der Waals surface area contributed by atoms with Crippen LogP contribution in [0.3, 0.4) is 0 Å². The molecule has 5 heterocycles. The lowest BCUT2D eigenvalue weighted by atomic mass is 9.96. The highest BCUT2D eigenvalue weighted by molar-refractivity contribution is 7.19. The Morgan fingerprint density at radius 1 is 1.28 bits per heavy atom. The van der Waals surface area contributed by atoms with Gasteiger partial charge in [0.2, 0.25) is 5.91 Å². The number of hydrogen-bond acceptors (Lipinski definition) is 6. The number of pyridine rings is 1. The van der Waals surface area contributed by atoms with Crippen molar-refractivity contribution in [3.05, 3.63) is 48.3 Å². The largest absolute Gasteiger partial charge is 0.431 e. The molecule has 2 unspecified atom stereocenters. The van der Waals surface area contributed by atoms with Gasteiger partial charge in [-0.1, -0.05) is 11.3 Å². The van der Waals surface area contributed by atoms with E-state index in [4.69, 9.17) is 4.74 Å². The molecule has 0 saturated carbocycles. The number of fused-ring (bicyclic) bond motifs is 4. The second-order valence-corrected chi connectivity index (χ2v) is 9.80. The smallest absolute Gasteiger partial charge is 0.281 e. The van der Waals surface area contributed by atoms with Crippen LogP contribution < -0.4 is 10.1 Å². The van der Waals surface area contributed by atoms with Gasteiger partial charge in [0.1, 0.15) is 16.1 Å². The highest BCUT2D eigenvalue weighted by Crippen LogP contribution is 2.38. The first-order valence-corrected chi connectivity index (χ1v) is 12.0. The van der Waals surface area contributed by atoms with Gasteiger partial charge in [-0.2, -0.15) is 0 Å². The molecule has 32 heavy (non-hydrogen) atoms. The predicted molar refractivity (Wildman–Crippen MR) is 125 cm³/mol. The summed E-state index contributed by atoms with van der Waals surface area (Å²) >= 11 is 1.45. The van der Waals surface area contributed by atoms with E-state index >= 15 is 0 Å². The van der Waals surface area contributed by atoms with Crippen molar-refractivity contribution in [2.24, 2.45) is 0 Å². The van der Waals surface area contributed by atoms with E-state index in [0.29, 0.717) is 23.3 Å². The van der Waals surface area contributed by atoms with Gasteiger partial charge < -0.3 is 15.0 Å². The molecule has 0 radical (unpaired) electrons. The first-order valence-electron chi connectivity index (χ1n) is 11.1. The van der Waals surface area contributed by atoms with Gasteiger partial charge in [0, 0.05) is 61.0 Å². The van der Waals surface area contributed by atoms with Crippen LogP contribution in [0.2, 0.25) is 0 Å². The predicted octanol–water partition coefficient (Wildman–Crippen LogP) is 4.60. The Balaban J connectivity index is 1.18. The number of hydrogen-bond donors (Lipinski definition) is 2. The number of carbonyl (C=O) groups excluding carboxylic acids is 1. The summed E-state index contributed by atoms with van der Waals surface area (Å²) in [6.07, 6.45) is 8.43. The first-order chi connectivity index (χ1) is 15.6. The summed E-state index contributed by atoms with van der Waals surface area (Å²) in [5, 5.41) is 4.96. The zero-order valence-electron chi connectivity index (χ0n) is 17.9. The third-order valence-electron chi connectivity index (χ3n) is 6.74. The van der Waals surface area contributed by atoms with E-state index in [0.717, 1.165) is 41.0 Å².